The Morgan fingerprint density at radius 2 is 2.06 bits per heavy atom. The van der Waals surface area contributed by atoms with Crippen molar-refractivity contribution in [2.45, 2.75) is 33.9 Å². The van der Waals surface area contributed by atoms with Crippen LogP contribution in [-0.2, 0) is 13.2 Å². The first-order chi connectivity index (χ1) is 8.51. The SMILES string of the molecule is CCn1cc(CO)c(=O)c2cc(C)c(C)c(F)c21. The average Bonchev–Trinajstić information content (AvgIpc) is 2.37. The fraction of sp³-hybridized carbons (Fsp3) is 0.357. The number of aromatic nitrogens is 1. The van der Waals surface area contributed by atoms with Gasteiger partial charge in [-0.2, -0.15) is 0 Å². The molecule has 1 N–H and O–H groups in total. The van der Waals surface area contributed by atoms with Gasteiger partial charge in [0.2, 0.25) is 0 Å². The summed E-state index contributed by atoms with van der Waals surface area (Å²) in [7, 11) is 0. The van der Waals surface area contributed by atoms with Crippen molar-refractivity contribution in [3.05, 3.63) is 45.0 Å². The molecule has 0 amide bonds. The first-order valence-corrected chi connectivity index (χ1v) is 5.93. The Labute approximate surface area is 104 Å². The van der Waals surface area contributed by atoms with Gasteiger partial charge in [-0.05, 0) is 38.0 Å². The number of benzene rings is 1. The monoisotopic (exact) mass is 249 g/mol. The minimum Gasteiger partial charge on any atom is -0.391 e. The summed E-state index contributed by atoms with van der Waals surface area (Å²) in [6.45, 7) is 5.57. The van der Waals surface area contributed by atoms with Gasteiger partial charge >= 0.3 is 0 Å². The maximum atomic E-state index is 14.3. The van der Waals surface area contributed by atoms with Gasteiger partial charge in [0.25, 0.3) is 0 Å². The van der Waals surface area contributed by atoms with E-state index in [9.17, 15) is 14.3 Å². The van der Waals surface area contributed by atoms with E-state index in [0.717, 1.165) is 5.56 Å². The molecule has 2 rings (SSSR count). The highest BCUT2D eigenvalue weighted by molar-refractivity contribution is 5.82. The number of hydrogen-bond acceptors (Lipinski definition) is 2. The van der Waals surface area contributed by atoms with Gasteiger partial charge < -0.3 is 9.67 Å². The summed E-state index contributed by atoms with van der Waals surface area (Å²) in [6.07, 6.45) is 1.53. The number of halogens is 1. The van der Waals surface area contributed by atoms with Gasteiger partial charge in [-0.15, -0.1) is 0 Å². The smallest absolute Gasteiger partial charge is 0.195 e. The minimum absolute atomic E-state index is 0.292. The summed E-state index contributed by atoms with van der Waals surface area (Å²) in [5.41, 5.74) is 1.63. The van der Waals surface area contributed by atoms with Crippen LogP contribution in [-0.4, -0.2) is 9.67 Å². The zero-order valence-corrected chi connectivity index (χ0v) is 10.7. The van der Waals surface area contributed by atoms with Crippen molar-refractivity contribution in [1.82, 2.24) is 4.57 Å². The van der Waals surface area contributed by atoms with Crippen molar-refractivity contribution < 1.29 is 9.50 Å². The standard InChI is InChI=1S/C14H16FNO2/c1-4-16-6-10(7-17)14(18)11-5-8(2)9(3)12(15)13(11)16/h5-6,17H,4,7H2,1-3H3. The third kappa shape index (κ3) is 1.73. The van der Waals surface area contributed by atoms with Gasteiger partial charge in [0, 0.05) is 23.7 Å². The van der Waals surface area contributed by atoms with E-state index >= 15 is 0 Å². The molecule has 3 nitrogen and oxygen atoms in total. The Morgan fingerprint density at radius 3 is 2.61 bits per heavy atom. The van der Waals surface area contributed by atoms with Crippen molar-refractivity contribution in [3.63, 3.8) is 0 Å². The summed E-state index contributed by atoms with van der Waals surface area (Å²) < 4.78 is 16.0. The Bertz CT molecular complexity index is 674. The number of pyridine rings is 1. The van der Waals surface area contributed by atoms with Gasteiger partial charge in [-0.3, -0.25) is 4.79 Å². The summed E-state index contributed by atoms with van der Waals surface area (Å²) in [5, 5.41) is 9.52. The molecule has 18 heavy (non-hydrogen) atoms. The van der Waals surface area contributed by atoms with Gasteiger partial charge in [0.05, 0.1) is 12.1 Å². The largest absolute Gasteiger partial charge is 0.391 e. The van der Waals surface area contributed by atoms with Crippen LogP contribution in [0.25, 0.3) is 10.9 Å². The molecule has 0 unspecified atom stereocenters. The van der Waals surface area contributed by atoms with E-state index in [-0.39, 0.29) is 17.9 Å². The molecule has 96 valence electrons. The molecule has 0 aliphatic heterocycles. The Morgan fingerprint density at radius 1 is 1.39 bits per heavy atom. The maximum Gasteiger partial charge on any atom is 0.195 e. The molecule has 0 saturated carbocycles. The van der Waals surface area contributed by atoms with Crippen LogP contribution in [0.4, 0.5) is 4.39 Å². The Balaban J connectivity index is 3.05. The molecule has 0 spiro atoms. The lowest BCUT2D eigenvalue weighted by Crippen LogP contribution is -2.16. The van der Waals surface area contributed by atoms with Crippen molar-refractivity contribution in [1.29, 1.82) is 0 Å². The third-order valence-electron chi connectivity index (χ3n) is 3.39. The number of aryl methyl sites for hydroxylation is 2. The second kappa shape index (κ2) is 4.53. The average molecular weight is 249 g/mol. The highest BCUT2D eigenvalue weighted by Crippen LogP contribution is 2.22. The lowest BCUT2D eigenvalue weighted by Gasteiger charge is -2.14. The molecule has 0 atom stereocenters. The highest BCUT2D eigenvalue weighted by atomic mass is 19.1. The zero-order valence-electron chi connectivity index (χ0n) is 10.7. The van der Waals surface area contributed by atoms with Crippen molar-refractivity contribution >= 4 is 10.9 Å². The minimum atomic E-state index is -0.353. The van der Waals surface area contributed by atoms with Gasteiger partial charge in [0.15, 0.2) is 11.2 Å². The Hall–Kier alpha value is -1.68. The Kier molecular flexibility index (Phi) is 3.22. The number of nitrogens with zero attached hydrogens (tertiary/aromatic N) is 1. The maximum absolute atomic E-state index is 14.3. The first-order valence-electron chi connectivity index (χ1n) is 5.93. The van der Waals surface area contributed by atoms with E-state index in [2.05, 4.69) is 0 Å². The molecule has 2 aromatic rings. The number of hydrogen-bond donors (Lipinski definition) is 1. The summed E-state index contributed by atoms with van der Waals surface area (Å²) >= 11 is 0. The van der Waals surface area contributed by atoms with E-state index < -0.39 is 0 Å². The second-order valence-corrected chi connectivity index (χ2v) is 4.46. The predicted octanol–water partition coefficient (Wildman–Crippen LogP) is 2.27. The third-order valence-corrected chi connectivity index (χ3v) is 3.39. The molecule has 1 heterocycles. The van der Waals surface area contributed by atoms with E-state index in [0.29, 0.717) is 28.6 Å². The molecule has 0 saturated heterocycles. The second-order valence-electron chi connectivity index (χ2n) is 4.46. The van der Waals surface area contributed by atoms with Gasteiger partial charge in [0.1, 0.15) is 0 Å². The van der Waals surface area contributed by atoms with Crippen LogP contribution in [0.3, 0.4) is 0 Å². The van der Waals surface area contributed by atoms with E-state index in [4.69, 9.17) is 0 Å². The molecular formula is C14H16FNO2. The van der Waals surface area contributed by atoms with Crippen LogP contribution < -0.4 is 5.43 Å². The molecule has 0 fully saturated rings. The predicted molar refractivity (Wildman–Crippen MR) is 69.2 cm³/mol. The summed E-state index contributed by atoms with van der Waals surface area (Å²) in [4.78, 5) is 12.1. The van der Waals surface area contributed by atoms with E-state index in [1.165, 1.54) is 6.20 Å². The van der Waals surface area contributed by atoms with Crippen LogP contribution in [0.15, 0.2) is 17.1 Å². The van der Waals surface area contributed by atoms with Crippen LogP contribution in [0.2, 0.25) is 0 Å². The molecule has 1 aromatic heterocycles. The fourth-order valence-electron chi connectivity index (χ4n) is 2.16. The quantitative estimate of drug-likeness (QED) is 0.887. The van der Waals surface area contributed by atoms with Crippen LogP contribution in [0.1, 0.15) is 23.6 Å². The molecule has 1 aromatic carbocycles. The van der Waals surface area contributed by atoms with E-state index in [1.807, 2.05) is 6.92 Å². The van der Waals surface area contributed by atoms with Crippen molar-refractivity contribution in [3.8, 4) is 0 Å². The molecular weight excluding hydrogens is 233 g/mol. The summed E-state index contributed by atoms with van der Waals surface area (Å²) in [6, 6.07) is 1.70. The van der Waals surface area contributed by atoms with Gasteiger partial charge in [-0.25, -0.2) is 4.39 Å². The topological polar surface area (TPSA) is 42.2 Å². The zero-order chi connectivity index (χ0) is 13.4. The lowest BCUT2D eigenvalue weighted by molar-refractivity contribution is 0.280. The van der Waals surface area contributed by atoms with E-state index in [1.54, 1.807) is 24.5 Å². The fourth-order valence-corrected chi connectivity index (χ4v) is 2.16. The van der Waals surface area contributed by atoms with Crippen LogP contribution in [0.5, 0.6) is 0 Å². The molecule has 0 aliphatic rings. The van der Waals surface area contributed by atoms with Crippen LogP contribution >= 0.6 is 0 Å². The lowest BCUT2D eigenvalue weighted by atomic mass is 10.0. The van der Waals surface area contributed by atoms with Crippen molar-refractivity contribution in [2.75, 3.05) is 0 Å². The molecule has 0 aliphatic carbocycles. The normalized spacial score (nSPS) is 11.2. The van der Waals surface area contributed by atoms with Crippen LogP contribution in [0, 0.1) is 19.7 Å². The number of fused-ring (bicyclic) bond motifs is 1. The number of rotatable bonds is 2. The molecule has 0 radical (unpaired) electrons. The number of aliphatic hydroxyl groups excluding tert-OH is 1. The first kappa shape index (κ1) is 12.8. The summed E-state index contributed by atoms with van der Waals surface area (Å²) in [5.74, 6) is -0.353. The highest BCUT2D eigenvalue weighted by Gasteiger charge is 2.15. The van der Waals surface area contributed by atoms with Gasteiger partial charge in [-0.1, -0.05) is 0 Å². The molecule has 4 heteroatoms. The number of aliphatic hydroxyl groups is 1. The van der Waals surface area contributed by atoms with Crippen molar-refractivity contribution in [2.24, 2.45) is 0 Å². The molecule has 0 bridgehead atoms.